The van der Waals surface area contributed by atoms with E-state index in [-0.39, 0.29) is 30.8 Å². The molecule has 0 heterocycles. The highest BCUT2D eigenvalue weighted by molar-refractivity contribution is 5.85. The number of hydrogen-bond donors (Lipinski definition) is 1. The van der Waals surface area contributed by atoms with Crippen LogP contribution >= 0.6 is 12.4 Å². The van der Waals surface area contributed by atoms with E-state index in [1.807, 2.05) is 25.1 Å². The summed E-state index contributed by atoms with van der Waals surface area (Å²) in [7, 11) is 1.61. The van der Waals surface area contributed by atoms with Gasteiger partial charge < -0.3 is 15.2 Å². The Kier molecular flexibility index (Phi) is 7.39. The summed E-state index contributed by atoms with van der Waals surface area (Å²) in [5.41, 5.74) is 7.86. The summed E-state index contributed by atoms with van der Waals surface area (Å²) < 4.78 is 10.1. The van der Waals surface area contributed by atoms with Crippen molar-refractivity contribution in [2.75, 3.05) is 13.7 Å². The van der Waals surface area contributed by atoms with E-state index >= 15 is 0 Å². The third-order valence-electron chi connectivity index (χ3n) is 2.55. The van der Waals surface area contributed by atoms with E-state index in [4.69, 9.17) is 15.2 Å². The number of halogens is 1. The van der Waals surface area contributed by atoms with Gasteiger partial charge in [0.2, 0.25) is 0 Å². The molecule has 1 aromatic rings. The van der Waals surface area contributed by atoms with Gasteiger partial charge in [0.05, 0.1) is 20.1 Å². The average Bonchev–Trinajstić information content (AvgIpc) is 2.29. The number of carbonyl (C=O) groups is 1. The van der Waals surface area contributed by atoms with Gasteiger partial charge in [0.15, 0.2) is 0 Å². The monoisotopic (exact) mass is 273 g/mol. The Morgan fingerprint density at radius 3 is 2.67 bits per heavy atom. The molecule has 4 nitrogen and oxygen atoms in total. The maximum atomic E-state index is 11.3. The summed E-state index contributed by atoms with van der Waals surface area (Å²) in [4.78, 5) is 11.3. The zero-order valence-corrected chi connectivity index (χ0v) is 11.8. The van der Waals surface area contributed by atoms with Crippen molar-refractivity contribution >= 4 is 18.4 Å². The zero-order valence-electron chi connectivity index (χ0n) is 10.9. The Bertz CT molecular complexity index is 396. The summed E-state index contributed by atoms with van der Waals surface area (Å²) >= 11 is 0. The molecule has 0 aliphatic carbocycles. The van der Waals surface area contributed by atoms with E-state index in [0.717, 1.165) is 16.9 Å². The van der Waals surface area contributed by atoms with Gasteiger partial charge in [-0.2, -0.15) is 0 Å². The lowest BCUT2D eigenvalue weighted by molar-refractivity contribution is -0.143. The molecule has 2 N–H and O–H groups in total. The van der Waals surface area contributed by atoms with Crippen LogP contribution in [-0.2, 0) is 9.53 Å². The standard InChI is InChI=1S/C13H19NO3.ClH/c1-4-17-13(15)8-11(14)10-6-5-9(2)12(7-10)16-3;/h5-7,11H,4,8,14H2,1-3H3;1H/t11-;/m1./s1. The van der Waals surface area contributed by atoms with Gasteiger partial charge >= 0.3 is 5.97 Å². The molecule has 0 aliphatic heterocycles. The van der Waals surface area contributed by atoms with E-state index in [9.17, 15) is 4.79 Å². The molecule has 0 aromatic heterocycles. The average molecular weight is 274 g/mol. The second-order valence-corrected chi connectivity index (χ2v) is 3.84. The van der Waals surface area contributed by atoms with Crippen LogP contribution in [-0.4, -0.2) is 19.7 Å². The molecule has 102 valence electrons. The van der Waals surface area contributed by atoms with Crippen molar-refractivity contribution in [1.29, 1.82) is 0 Å². The fourth-order valence-electron chi connectivity index (χ4n) is 1.58. The normalized spacial score (nSPS) is 11.3. The Morgan fingerprint density at radius 1 is 1.44 bits per heavy atom. The quantitative estimate of drug-likeness (QED) is 0.837. The van der Waals surface area contributed by atoms with Gasteiger partial charge in [-0.15, -0.1) is 12.4 Å². The van der Waals surface area contributed by atoms with Crippen molar-refractivity contribution in [2.45, 2.75) is 26.3 Å². The fraction of sp³-hybridized carbons (Fsp3) is 0.462. The van der Waals surface area contributed by atoms with Crippen LogP contribution in [0.4, 0.5) is 0 Å². The van der Waals surface area contributed by atoms with Gasteiger partial charge in [0.1, 0.15) is 5.75 Å². The number of aryl methyl sites for hydroxylation is 1. The molecule has 0 spiro atoms. The molecule has 0 radical (unpaired) electrons. The van der Waals surface area contributed by atoms with Crippen molar-refractivity contribution < 1.29 is 14.3 Å². The van der Waals surface area contributed by atoms with Crippen LogP contribution in [0.25, 0.3) is 0 Å². The zero-order chi connectivity index (χ0) is 12.8. The Morgan fingerprint density at radius 2 is 2.11 bits per heavy atom. The highest BCUT2D eigenvalue weighted by Crippen LogP contribution is 2.23. The number of ether oxygens (including phenoxy) is 2. The van der Waals surface area contributed by atoms with Crippen molar-refractivity contribution in [3.63, 3.8) is 0 Å². The third kappa shape index (κ3) is 4.55. The first-order chi connectivity index (χ1) is 8.08. The van der Waals surface area contributed by atoms with Gasteiger partial charge in [0, 0.05) is 6.04 Å². The van der Waals surface area contributed by atoms with Crippen LogP contribution in [0.1, 0.15) is 30.5 Å². The summed E-state index contributed by atoms with van der Waals surface area (Å²) in [5.74, 6) is 0.501. The molecule has 1 atom stereocenters. The van der Waals surface area contributed by atoms with Gasteiger partial charge in [-0.1, -0.05) is 12.1 Å². The molecule has 0 amide bonds. The summed E-state index contributed by atoms with van der Waals surface area (Å²) in [6.45, 7) is 4.11. The molecule has 1 aromatic carbocycles. The van der Waals surface area contributed by atoms with E-state index in [1.54, 1.807) is 14.0 Å². The van der Waals surface area contributed by atoms with Gasteiger partial charge in [-0.25, -0.2) is 0 Å². The van der Waals surface area contributed by atoms with E-state index in [2.05, 4.69) is 0 Å². The van der Waals surface area contributed by atoms with Gasteiger partial charge in [-0.05, 0) is 31.0 Å². The van der Waals surface area contributed by atoms with Crippen molar-refractivity contribution in [3.8, 4) is 5.75 Å². The van der Waals surface area contributed by atoms with Crippen molar-refractivity contribution in [1.82, 2.24) is 0 Å². The van der Waals surface area contributed by atoms with Crippen LogP contribution in [0.3, 0.4) is 0 Å². The number of nitrogens with two attached hydrogens (primary N) is 1. The predicted molar refractivity (Wildman–Crippen MR) is 73.2 cm³/mol. The maximum absolute atomic E-state index is 11.3. The lowest BCUT2D eigenvalue weighted by Gasteiger charge is -2.13. The molecular formula is C13H20ClNO3. The summed E-state index contributed by atoms with van der Waals surface area (Å²) in [5, 5.41) is 0. The first-order valence-corrected chi connectivity index (χ1v) is 5.64. The van der Waals surface area contributed by atoms with E-state index < -0.39 is 0 Å². The number of hydrogen-bond acceptors (Lipinski definition) is 4. The molecule has 1 rings (SSSR count). The fourth-order valence-corrected chi connectivity index (χ4v) is 1.58. The molecule has 18 heavy (non-hydrogen) atoms. The summed E-state index contributed by atoms with van der Waals surface area (Å²) in [6, 6.07) is 5.34. The molecule has 5 heteroatoms. The second-order valence-electron chi connectivity index (χ2n) is 3.84. The van der Waals surface area contributed by atoms with Crippen LogP contribution < -0.4 is 10.5 Å². The van der Waals surface area contributed by atoms with E-state index in [0.29, 0.717) is 6.61 Å². The molecule has 0 unspecified atom stereocenters. The SMILES string of the molecule is CCOC(=O)C[C@@H](N)c1ccc(C)c(OC)c1.Cl. The number of benzene rings is 1. The summed E-state index contributed by atoms with van der Waals surface area (Å²) in [6.07, 6.45) is 0.181. The first kappa shape index (κ1) is 16.7. The van der Waals surface area contributed by atoms with Gasteiger partial charge in [0.25, 0.3) is 0 Å². The highest BCUT2D eigenvalue weighted by Gasteiger charge is 2.13. The largest absolute Gasteiger partial charge is 0.496 e. The Balaban J connectivity index is 0.00000289. The van der Waals surface area contributed by atoms with Crippen LogP contribution in [0.5, 0.6) is 5.75 Å². The molecule has 0 fully saturated rings. The van der Waals surface area contributed by atoms with Crippen molar-refractivity contribution in [2.24, 2.45) is 5.73 Å². The lowest BCUT2D eigenvalue weighted by atomic mass is 10.0. The molecule has 0 aliphatic rings. The minimum absolute atomic E-state index is 0. The smallest absolute Gasteiger partial charge is 0.307 e. The minimum Gasteiger partial charge on any atom is -0.496 e. The predicted octanol–water partition coefficient (Wildman–Crippen LogP) is 2.38. The molecule has 0 saturated carbocycles. The number of rotatable bonds is 5. The minimum atomic E-state index is -0.358. The molecule has 0 bridgehead atoms. The van der Waals surface area contributed by atoms with Crippen molar-refractivity contribution in [3.05, 3.63) is 29.3 Å². The topological polar surface area (TPSA) is 61.5 Å². The molecule has 0 saturated heterocycles. The van der Waals surface area contributed by atoms with Crippen LogP contribution in [0, 0.1) is 6.92 Å². The second kappa shape index (κ2) is 7.95. The maximum Gasteiger partial charge on any atom is 0.307 e. The molecular weight excluding hydrogens is 254 g/mol. The van der Waals surface area contributed by atoms with Crippen LogP contribution in [0.15, 0.2) is 18.2 Å². The number of methoxy groups -OCH3 is 1. The highest BCUT2D eigenvalue weighted by atomic mass is 35.5. The Labute approximate surface area is 114 Å². The number of carbonyl (C=O) groups excluding carboxylic acids is 1. The first-order valence-electron chi connectivity index (χ1n) is 5.64. The van der Waals surface area contributed by atoms with E-state index in [1.165, 1.54) is 0 Å². The Hall–Kier alpha value is -1.26. The van der Waals surface area contributed by atoms with Crippen LogP contribution in [0.2, 0.25) is 0 Å². The lowest BCUT2D eigenvalue weighted by Crippen LogP contribution is -2.17. The third-order valence-corrected chi connectivity index (χ3v) is 2.55. The number of esters is 1. The van der Waals surface area contributed by atoms with Gasteiger partial charge in [-0.3, -0.25) is 4.79 Å².